The monoisotopic (exact) mass is 206 g/mol. The van der Waals surface area contributed by atoms with Crippen LogP contribution in [0.1, 0.15) is 0 Å². The van der Waals surface area contributed by atoms with Gasteiger partial charge in [0, 0.05) is 5.38 Å². The Morgan fingerprint density at radius 2 is 2.25 bits per heavy atom. The van der Waals surface area contributed by atoms with Gasteiger partial charge in [-0.05, 0) is 11.4 Å². The van der Waals surface area contributed by atoms with Crippen molar-refractivity contribution in [2.24, 2.45) is 5.73 Å². The van der Waals surface area contributed by atoms with Crippen LogP contribution in [0.25, 0.3) is 0 Å². The summed E-state index contributed by atoms with van der Waals surface area (Å²) in [5.74, 6) is 0. The van der Waals surface area contributed by atoms with Crippen molar-refractivity contribution in [3.05, 3.63) is 16.8 Å². The fraction of sp³-hybridized carbons (Fsp3) is 0. The zero-order valence-electron chi connectivity index (χ0n) is 5.85. The van der Waals surface area contributed by atoms with Crippen LogP contribution >= 0.6 is 11.3 Å². The van der Waals surface area contributed by atoms with Gasteiger partial charge in [0.25, 0.3) is 10.0 Å². The minimum absolute atomic E-state index is 0.0475. The Kier molecular flexibility index (Phi) is 2.34. The van der Waals surface area contributed by atoms with E-state index in [0.717, 1.165) is 0 Å². The zero-order chi connectivity index (χ0) is 9.19. The molecule has 12 heavy (non-hydrogen) atoms. The van der Waals surface area contributed by atoms with E-state index in [-0.39, 0.29) is 4.90 Å². The molecule has 0 atom stereocenters. The molecule has 0 fully saturated rings. The summed E-state index contributed by atoms with van der Waals surface area (Å²) in [5.41, 5.74) is 4.66. The largest absolute Gasteiger partial charge is 0.351 e. The molecule has 0 aliphatic heterocycles. The van der Waals surface area contributed by atoms with Crippen molar-refractivity contribution in [2.45, 2.75) is 4.90 Å². The number of amides is 2. The number of sulfonamides is 1. The summed E-state index contributed by atoms with van der Waals surface area (Å²) in [6, 6.07) is 0.303. The number of carbonyl (C=O) groups is 1. The summed E-state index contributed by atoms with van der Waals surface area (Å²) in [5, 5.41) is 3.00. The summed E-state index contributed by atoms with van der Waals surface area (Å²) < 4.78 is 23.8. The van der Waals surface area contributed by atoms with Crippen LogP contribution in [0.3, 0.4) is 0 Å². The zero-order valence-corrected chi connectivity index (χ0v) is 7.48. The first-order chi connectivity index (χ1) is 5.52. The number of urea groups is 1. The maximum absolute atomic E-state index is 11.1. The van der Waals surface area contributed by atoms with Gasteiger partial charge in [-0.2, -0.15) is 11.3 Å². The summed E-state index contributed by atoms with van der Waals surface area (Å²) in [6.45, 7) is 0. The molecule has 1 heterocycles. The summed E-state index contributed by atoms with van der Waals surface area (Å²) in [4.78, 5) is 10.3. The number of hydrogen-bond acceptors (Lipinski definition) is 4. The molecule has 0 bridgehead atoms. The lowest BCUT2D eigenvalue weighted by molar-refractivity contribution is 0.253. The predicted octanol–water partition coefficient (Wildman–Crippen LogP) is 0.105. The van der Waals surface area contributed by atoms with E-state index < -0.39 is 16.1 Å². The molecule has 0 aromatic carbocycles. The van der Waals surface area contributed by atoms with Gasteiger partial charge in [-0.3, -0.25) is 0 Å². The molecule has 66 valence electrons. The molecule has 0 aliphatic carbocycles. The number of thiophene rings is 1. The van der Waals surface area contributed by atoms with E-state index in [1.165, 1.54) is 22.8 Å². The highest BCUT2D eigenvalue weighted by Gasteiger charge is 2.15. The Bertz CT molecular complexity index is 367. The fourth-order valence-corrected chi connectivity index (χ4v) is 2.50. The number of primary amides is 1. The lowest BCUT2D eigenvalue weighted by atomic mass is 10.7. The van der Waals surface area contributed by atoms with E-state index in [1.54, 1.807) is 10.1 Å². The maximum Gasteiger partial charge on any atom is 0.326 e. The van der Waals surface area contributed by atoms with Crippen LogP contribution in [0.5, 0.6) is 0 Å². The van der Waals surface area contributed by atoms with Gasteiger partial charge < -0.3 is 5.73 Å². The Morgan fingerprint density at radius 1 is 1.58 bits per heavy atom. The average Bonchev–Trinajstić information content (AvgIpc) is 2.32. The predicted molar refractivity (Wildman–Crippen MR) is 44.2 cm³/mol. The lowest BCUT2D eigenvalue weighted by Crippen LogP contribution is -2.34. The molecule has 0 spiro atoms. The summed E-state index contributed by atoms with van der Waals surface area (Å²) >= 11 is 1.22. The minimum atomic E-state index is -3.73. The molecule has 0 aliphatic rings. The first-order valence-corrected chi connectivity index (χ1v) is 5.29. The van der Waals surface area contributed by atoms with Gasteiger partial charge >= 0.3 is 6.03 Å². The van der Waals surface area contributed by atoms with Crippen molar-refractivity contribution in [3.63, 3.8) is 0 Å². The fourth-order valence-electron chi connectivity index (χ4n) is 0.596. The highest BCUT2D eigenvalue weighted by Crippen LogP contribution is 2.11. The Morgan fingerprint density at radius 3 is 2.67 bits per heavy atom. The molecular weight excluding hydrogens is 200 g/mol. The van der Waals surface area contributed by atoms with E-state index in [1.807, 2.05) is 0 Å². The number of nitrogens with two attached hydrogens (primary N) is 1. The van der Waals surface area contributed by atoms with E-state index in [4.69, 9.17) is 0 Å². The van der Waals surface area contributed by atoms with Crippen molar-refractivity contribution in [1.29, 1.82) is 0 Å². The quantitative estimate of drug-likeness (QED) is 0.719. The molecule has 3 N–H and O–H groups in total. The van der Waals surface area contributed by atoms with Gasteiger partial charge in [0.2, 0.25) is 0 Å². The third kappa shape index (κ3) is 1.95. The van der Waals surface area contributed by atoms with E-state index >= 15 is 0 Å². The first kappa shape index (κ1) is 9.01. The second-order valence-electron chi connectivity index (χ2n) is 1.93. The van der Waals surface area contributed by atoms with Gasteiger partial charge in [0.05, 0.1) is 4.90 Å². The van der Waals surface area contributed by atoms with E-state index in [2.05, 4.69) is 5.73 Å². The molecule has 1 aromatic rings. The molecule has 2 amide bonds. The van der Waals surface area contributed by atoms with E-state index in [0.29, 0.717) is 0 Å². The Hall–Kier alpha value is -1.08. The lowest BCUT2D eigenvalue weighted by Gasteiger charge is -1.99. The van der Waals surface area contributed by atoms with Crippen molar-refractivity contribution in [3.8, 4) is 0 Å². The number of nitrogens with one attached hydrogen (secondary N) is 1. The van der Waals surface area contributed by atoms with Crippen LogP contribution in [-0.2, 0) is 10.0 Å². The van der Waals surface area contributed by atoms with Crippen LogP contribution in [0.4, 0.5) is 4.79 Å². The number of rotatable bonds is 2. The standard InChI is InChI=1S/C5H6N2O3S2/c6-5(8)7-12(9,10)4-1-2-11-3-4/h1-3H,(H3,6,7,8). The molecule has 0 radical (unpaired) electrons. The number of hydrogen-bond donors (Lipinski definition) is 2. The Labute approximate surface area is 73.2 Å². The summed E-state index contributed by atoms with van der Waals surface area (Å²) in [7, 11) is -3.73. The van der Waals surface area contributed by atoms with Crippen LogP contribution in [-0.4, -0.2) is 14.4 Å². The van der Waals surface area contributed by atoms with Crippen LogP contribution < -0.4 is 10.5 Å². The molecule has 0 saturated carbocycles. The van der Waals surface area contributed by atoms with Gasteiger partial charge in [0.1, 0.15) is 0 Å². The SMILES string of the molecule is NC(=O)NS(=O)(=O)c1ccsc1. The van der Waals surface area contributed by atoms with Gasteiger partial charge in [-0.25, -0.2) is 17.9 Å². The smallest absolute Gasteiger partial charge is 0.326 e. The normalized spacial score (nSPS) is 11.0. The highest BCUT2D eigenvalue weighted by molar-refractivity contribution is 7.90. The van der Waals surface area contributed by atoms with Gasteiger partial charge in [-0.15, -0.1) is 0 Å². The molecule has 7 heteroatoms. The average molecular weight is 206 g/mol. The maximum atomic E-state index is 11.1. The molecule has 1 rings (SSSR count). The topological polar surface area (TPSA) is 89.3 Å². The molecule has 1 aromatic heterocycles. The van der Waals surface area contributed by atoms with Crippen molar-refractivity contribution >= 4 is 27.4 Å². The van der Waals surface area contributed by atoms with Crippen molar-refractivity contribution < 1.29 is 13.2 Å². The molecule has 0 saturated heterocycles. The first-order valence-electron chi connectivity index (χ1n) is 2.87. The third-order valence-electron chi connectivity index (χ3n) is 1.04. The van der Waals surface area contributed by atoms with Gasteiger partial charge in [-0.1, -0.05) is 0 Å². The van der Waals surface area contributed by atoms with Crippen molar-refractivity contribution in [1.82, 2.24) is 4.72 Å². The molecular formula is C5H6N2O3S2. The van der Waals surface area contributed by atoms with Crippen molar-refractivity contribution in [2.75, 3.05) is 0 Å². The van der Waals surface area contributed by atoms with Crippen LogP contribution in [0, 0.1) is 0 Å². The second kappa shape index (κ2) is 3.11. The minimum Gasteiger partial charge on any atom is -0.351 e. The Balaban J connectivity index is 2.96. The molecule has 5 nitrogen and oxygen atoms in total. The highest BCUT2D eigenvalue weighted by atomic mass is 32.2. The van der Waals surface area contributed by atoms with Gasteiger partial charge in [0.15, 0.2) is 0 Å². The molecule has 0 unspecified atom stereocenters. The van der Waals surface area contributed by atoms with Crippen LogP contribution in [0.2, 0.25) is 0 Å². The van der Waals surface area contributed by atoms with E-state index in [9.17, 15) is 13.2 Å². The third-order valence-corrected chi connectivity index (χ3v) is 3.22. The second-order valence-corrected chi connectivity index (χ2v) is 4.39. The number of carbonyl (C=O) groups excluding carboxylic acids is 1. The van der Waals surface area contributed by atoms with Crippen LogP contribution in [0.15, 0.2) is 21.7 Å². The summed E-state index contributed by atoms with van der Waals surface area (Å²) in [6.07, 6.45) is 0.